The lowest BCUT2D eigenvalue weighted by molar-refractivity contribution is -0.122. The second kappa shape index (κ2) is 8.02. The van der Waals surface area contributed by atoms with Crippen LogP contribution in [0.1, 0.15) is 12.6 Å². The normalized spacial score (nSPS) is 11.9. The van der Waals surface area contributed by atoms with Crippen molar-refractivity contribution in [3.05, 3.63) is 74.9 Å². The van der Waals surface area contributed by atoms with E-state index < -0.39 is 17.8 Å². The Morgan fingerprint density at radius 2 is 1.89 bits per heavy atom. The third-order valence-corrected chi connectivity index (χ3v) is 4.99. The van der Waals surface area contributed by atoms with Crippen molar-refractivity contribution in [1.82, 2.24) is 9.36 Å². The zero-order valence-corrected chi connectivity index (χ0v) is 17.2. The van der Waals surface area contributed by atoms with E-state index in [1.54, 1.807) is 25.6 Å². The van der Waals surface area contributed by atoms with Gasteiger partial charge in [0.1, 0.15) is 17.3 Å². The van der Waals surface area contributed by atoms with Gasteiger partial charge in [0.25, 0.3) is 11.5 Å². The van der Waals surface area contributed by atoms with Gasteiger partial charge in [-0.25, -0.2) is 9.07 Å². The lowest BCUT2D eigenvalue weighted by Crippen LogP contribution is -2.32. The largest absolute Gasteiger partial charge is 0.480 e. The van der Waals surface area contributed by atoms with E-state index in [4.69, 9.17) is 4.74 Å². The summed E-state index contributed by atoms with van der Waals surface area (Å²) in [6.45, 7) is 3.30. The van der Waals surface area contributed by atoms with Crippen LogP contribution in [0.4, 0.5) is 10.1 Å². The van der Waals surface area contributed by atoms with E-state index in [0.29, 0.717) is 21.6 Å². The van der Waals surface area contributed by atoms with Crippen molar-refractivity contribution >= 4 is 27.5 Å². The molecule has 0 aliphatic rings. The summed E-state index contributed by atoms with van der Waals surface area (Å²) < 4.78 is 22.3. The maximum Gasteiger partial charge on any atom is 0.295 e. The van der Waals surface area contributed by atoms with Crippen LogP contribution >= 0.6 is 15.9 Å². The molecule has 6 nitrogen and oxygen atoms in total. The van der Waals surface area contributed by atoms with Gasteiger partial charge < -0.3 is 10.1 Å². The quantitative estimate of drug-likeness (QED) is 0.646. The third kappa shape index (κ3) is 3.87. The minimum Gasteiger partial charge on any atom is -0.480 e. The Morgan fingerprint density at radius 1 is 1.21 bits per heavy atom. The first kappa shape index (κ1) is 19.9. The summed E-state index contributed by atoms with van der Waals surface area (Å²) >= 11 is 3.20. The summed E-state index contributed by atoms with van der Waals surface area (Å²) in [4.78, 5) is 25.4. The van der Waals surface area contributed by atoms with Crippen LogP contribution in [-0.2, 0) is 11.8 Å². The van der Waals surface area contributed by atoms with Gasteiger partial charge in [-0.05, 0) is 60.1 Å². The van der Waals surface area contributed by atoms with Crippen LogP contribution in [0.25, 0.3) is 5.69 Å². The number of hydrogen-bond donors (Lipinski definition) is 1. The number of rotatable bonds is 5. The number of nitrogens with zero attached hydrogens (tertiary/aromatic N) is 2. The molecular formula is C20H19BrFN3O3. The van der Waals surface area contributed by atoms with E-state index in [2.05, 4.69) is 21.2 Å². The van der Waals surface area contributed by atoms with Crippen molar-refractivity contribution in [1.29, 1.82) is 0 Å². The Balaban J connectivity index is 1.83. The molecule has 0 saturated carbocycles. The Kier molecular flexibility index (Phi) is 5.69. The van der Waals surface area contributed by atoms with Crippen molar-refractivity contribution in [2.45, 2.75) is 20.0 Å². The maximum absolute atomic E-state index is 13.2. The van der Waals surface area contributed by atoms with E-state index in [1.165, 1.54) is 22.9 Å². The molecule has 1 heterocycles. The first-order valence-electron chi connectivity index (χ1n) is 8.56. The molecule has 146 valence electrons. The van der Waals surface area contributed by atoms with E-state index in [1.807, 2.05) is 30.3 Å². The Morgan fingerprint density at radius 3 is 2.54 bits per heavy atom. The molecular weight excluding hydrogens is 429 g/mol. The van der Waals surface area contributed by atoms with Crippen LogP contribution < -0.4 is 15.6 Å². The molecule has 1 amide bonds. The molecule has 28 heavy (non-hydrogen) atoms. The highest BCUT2D eigenvalue weighted by Gasteiger charge is 2.22. The average Bonchev–Trinajstić information content (AvgIpc) is 2.88. The number of para-hydroxylation sites is 1. The number of halogens is 2. The van der Waals surface area contributed by atoms with E-state index in [-0.39, 0.29) is 11.2 Å². The third-order valence-electron chi connectivity index (χ3n) is 4.37. The fourth-order valence-corrected chi connectivity index (χ4v) is 3.20. The SMILES string of the molecule is Cc1c(NC(=O)C(C)Oc2ccc(F)cc2Br)c(=O)n(-c2ccccc2)n1C. The van der Waals surface area contributed by atoms with Crippen molar-refractivity contribution in [3.8, 4) is 11.4 Å². The van der Waals surface area contributed by atoms with Crippen LogP contribution in [0.3, 0.4) is 0 Å². The van der Waals surface area contributed by atoms with Crippen LogP contribution in [-0.4, -0.2) is 21.4 Å². The molecule has 1 aromatic heterocycles. The monoisotopic (exact) mass is 447 g/mol. The van der Waals surface area contributed by atoms with Gasteiger partial charge in [-0.3, -0.25) is 14.3 Å². The molecule has 0 fully saturated rings. The van der Waals surface area contributed by atoms with Gasteiger partial charge in [-0.1, -0.05) is 18.2 Å². The highest BCUT2D eigenvalue weighted by Crippen LogP contribution is 2.26. The van der Waals surface area contributed by atoms with Crippen molar-refractivity contribution < 1.29 is 13.9 Å². The number of ether oxygens (including phenoxy) is 1. The van der Waals surface area contributed by atoms with Crippen molar-refractivity contribution in [2.24, 2.45) is 7.05 Å². The number of nitrogens with one attached hydrogen (secondary N) is 1. The number of hydrogen-bond acceptors (Lipinski definition) is 3. The zero-order chi connectivity index (χ0) is 20.4. The standard InChI is InChI=1S/C20H19BrFN3O3/c1-12-18(20(27)25(24(12)3)15-7-5-4-6-8-15)23-19(26)13(2)28-17-10-9-14(22)11-16(17)21/h4-11,13H,1-3H3,(H,23,26). The highest BCUT2D eigenvalue weighted by molar-refractivity contribution is 9.10. The molecule has 0 spiro atoms. The molecule has 0 aliphatic carbocycles. The second-order valence-corrected chi connectivity index (χ2v) is 7.11. The molecule has 0 saturated heterocycles. The van der Waals surface area contributed by atoms with Crippen LogP contribution in [0, 0.1) is 12.7 Å². The van der Waals surface area contributed by atoms with Gasteiger partial charge >= 0.3 is 0 Å². The number of benzene rings is 2. The summed E-state index contributed by atoms with van der Waals surface area (Å²) in [5.41, 5.74) is 1.15. The topological polar surface area (TPSA) is 65.3 Å². The first-order chi connectivity index (χ1) is 13.3. The van der Waals surface area contributed by atoms with Crippen LogP contribution in [0.5, 0.6) is 5.75 Å². The number of aromatic nitrogens is 2. The van der Waals surface area contributed by atoms with E-state index in [9.17, 15) is 14.0 Å². The predicted octanol–water partition coefficient (Wildman–Crippen LogP) is 3.79. The summed E-state index contributed by atoms with van der Waals surface area (Å²) in [6.07, 6.45) is -0.897. The summed E-state index contributed by atoms with van der Waals surface area (Å²) in [6, 6.07) is 13.1. The Labute approximate surface area is 169 Å². The lowest BCUT2D eigenvalue weighted by Gasteiger charge is -2.15. The van der Waals surface area contributed by atoms with Crippen LogP contribution in [0.15, 0.2) is 57.8 Å². The van der Waals surface area contributed by atoms with Crippen LogP contribution in [0.2, 0.25) is 0 Å². The molecule has 1 N–H and O–H groups in total. The first-order valence-corrected chi connectivity index (χ1v) is 9.35. The zero-order valence-electron chi connectivity index (χ0n) is 15.6. The smallest absolute Gasteiger partial charge is 0.295 e. The molecule has 3 aromatic rings. The van der Waals surface area contributed by atoms with Gasteiger partial charge in [0.05, 0.1) is 15.9 Å². The van der Waals surface area contributed by atoms with Gasteiger partial charge in [-0.15, -0.1) is 0 Å². The maximum atomic E-state index is 13.2. The number of carbonyl (C=O) groups excluding carboxylic acids is 1. The molecule has 1 atom stereocenters. The molecule has 0 radical (unpaired) electrons. The predicted molar refractivity (Wildman–Crippen MR) is 109 cm³/mol. The van der Waals surface area contributed by atoms with Gasteiger partial charge in [0.2, 0.25) is 0 Å². The van der Waals surface area contributed by atoms with E-state index in [0.717, 1.165) is 0 Å². The summed E-state index contributed by atoms with van der Waals surface area (Å²) in [7, 11) is 1.74. The second-order valence-electron chi connectivity index (χ2n) is 6.26. The van der Waals surface area contributed by atoms with Gasteiger partial charge in [0, 0.05) is 7.05 Å². The minimum atomic E-state index is -0.897. The Bertz CT molecular complexity index is 1080. The summed E-state index contributed by atoms with van der Waals surface area (Å²) in [5, 5.41) is 2.65. The molecule has 2 aromatic carbocycles. The number of anilines is 1. The molecule has 0 bridgehead atoms. The molecule has 0 aliphatic heterocycles. The molecule has 1 unspecified atom stereocenters. The molecule has 3 rings (SSSR count). The average molecular weight is 448 g/mol. The lowest BCUT2D eigenvalue weighted by atomic mass is 10.3. The van der Waals surface area contributed by atoms with E-state index >= 15 is 0 Å². The summed E-state index contributed by atoms with van der Waals surface area (Å²) in [5.74, 6) is -0.574. The number of carbonyl (C=O) groups is 1. The highest BCUT2D eigenvalue weighted by atomic mass is 79.9. The van der Waals surface area contributed by atoms with Crippen molar-refractivity contribution in [2.75, 3.05) is 5.32 Å². The van der Waals surface area contributed by atoms with Crippen molar-refractivity contribution in [3.63, 3.8) is 0 Å². The fraction of sp³-hybridized carbons (Fsp3) is 0.200. The molecule has 8 heteroatoms. The fourth-order valence-electron chi connectivity index (χ4n) is 2.75. The van der Waals surface area contributed by atoms with Gasteiger partial charge in [-0.2, -0.15) is 0 Å². The minimum absolute atomic E-state index is 0.185. The number of amides is 1. The Hall–Kier alpha value is -2.87. The van der Waals surface area contributed by atoms with Gasteiger partial charge in [0.15, 0.2) is 6.10 Å².